The van der Waals surface area contributed by atoms with Crippen molar-refractivity contribution in [2.75, 3.05) is 11.9 Å². The Morgan fingerprint density at radius 2 is 1.81 bits per heavy atom. The van der Waals surface area contributed by atoms with E-state index in [2.05, 4.69) is 16.6 Å². The van der Waals surface area contributed by atoms with Crippen LogP contribution < -0.4 is 10.0 Å². The minimum Gasteiger partial charge on any atom is -0.322 e. The summed E-state index contributed by atoms with van der Waals surface area (Å²) in [7, 11) is -3.83. The van der Waals surface area contributed by atoms with E-state index in [1.807, 2.05) is 0 Å². The number of anilines is 1. The summed E-state index contributed by atoms with van der Waals surface area (Å²) >= 11 is 0. The molecule has 0 spiro atoms. The molecular formula is C17H15F3N2O3S. The van der Waals surface area contributed by atoms with Gasteiger partial charge in [0.15, 0.2) is 0 Å². The van der Waals surface area contributed by atoms with E-state index in [9.17, 15) is 26.4 Å². The quantitative estimate of drug-likeness (QED) is 0.750. The van der Waals surface area contributed by atoms with Gasteiger partial charge in [-0.25, -0.2) is 13.1 Å². The Morgan fingerprint density at radius 1 is 1.12 bits per heavy atom. The van der Waals surface area contributed by atoms with Gasteiger partial charge in [-0.3, -0.25) is 4.79 Å². The van der Waals surface area contributed by atoms with E-state index in [0.29, 0.717) is 0 Å². The van der Waals surface area contributed by atoms with Crippen molar-refractivity contribution in [3.05, 3.63) is 72.3 Å². The lowest BCUT2D eigenvalue weighted by Crippen LogP contribution is -2.24. The molecule has 0 bridgehead atoms. The average molecular weight is 384 g/mol. The van der Waals surface area contributed by atoms with Crippen molar-refractivity contribution in [2.24, 2.45) is 0 Å². The number of nitrogens with one attached hydrogen (secondary N) is 2. The lowest BCUT2D eigenvalue weighted by Gasteiger charge is -2.10. The molecular weight excluding hydrogens is 369 g/mol. The lowest BCUT2D eigenvalue weighted by molar-refractivity contribution is -0.137. The monoisotopic (exact) mass is 384 g/mol. The predicted molar refractivity (Wildman–Crippen MR) is 91.2 cm³/mol. The second-order valence-corrected chi connectivity index (χ2v) is 6.97. The Hall–Kier alpha value is -2.65. The normalized spacial score (nSPS) is 11.8. The van der Waals surface area contributed by atoms with Gasteiger partial charge < -0.3 is 5.32 Å². The molecule has 138 valence electrons. The Bertz CT molecular complexity index is 925. The van der Waals surface area contributed by atoms with Gasteiger partial charge in [0.2, 0.25) is 10.0 Å². The fraction of sp³-hybridized carbons (Fsp3) is 0.118. The molecule has 0 fully saturated rings. The summed E-state index contributed by atoms with van der Waals surface area (Å²) in [4.78, 5) is 12.1. The molecule has 0 unspecified atom stereocenters. The van der Waals surface area contributed by atoms with E-state index in [0.717, 1.165) is 18.2 Å². The van der Waals surface area contributed by atoms with Crippen molar-refractivity contribution in [3.8, 4) is 0 Å². The molecule has 0 aliphatic carbocycles. The van der Waals surface area contributed by atoms with Crippen LogP contribution in [0.3, 0.4) is 0 Å². The third-order valence-corrected chi connectivity index (χ3v) is 4.69. The average Bonchev–Trinajstić information content (AvgIpc) is 2.59. The van der Waals surface area contributed by atoms with Crippen molar-refractivity contribution >= 4 is 21.6 Å². The van der Waals surface area contributed by atoms with Gasteiger partial charge in [-0.15, -0.1) is 6.58 Å². The summed E-state index contributed by atoms with van der Waals surface area (Å²) in [5.41, 5.74) is -0.966. The van der Waals surface area contributed by atoms with Gasteiger partial charge in [-0.05, 0) is 36.4 Å². The maximum Gasteiger partial charge on any atom is 0.416 e. The number of rotatable bonds is 6. The van der Waals surface area contributed by atoms with Crippen LogP contribution >= 0.6 is 0 Å². The Balaban J connectivity index is 2.23. The molecule has 0 aliphatic heterocycles. The number of carbonyl (C=O) groups excluding carboxylic acids is 1. The fourth-order valence-electron chi connectivity index (χ4n) is 2.03. The summed E-state index contributed by atoms with van der Waals surface area (Å²) in [6.45, 7) is 3.42. The zero-order valence-electron chi connectivity index (χ0n) is 13.4. The number of halogens is 3. The maximum absolute atomic E-state index is 12.7. The number of amides is 1. The molecule has 2 aromatic carbocycles. The van der Waals surface area contributed by atoms with Gasteiger partial charge in [0.05, 0.1) is 10.5 Å². The summed E-state index contributed by atoms with van der Waals surface area (Å²) in [6.07, 6.45) is -3.17. The predicted octanol–water partition coefficient (Wildman–Crippen LogP) is 3.42. The van der Waals surface area contributed by atoms with E-state index >= 15 is 0 Å². The zero-order valence-corrected chi connectivity index (χ0v) is 14.2. The number of benzene rings is 2. The molecule has 9 heteroatoms. The molecule has 0 heterocycles. The van der Waals surface area contributed by atoms with Crippen LogP contribution in [0.1, 0.15) is 15.9 Å². The van der Waals surface area contributed by atoms with E-state index in [1.165, 1.54) is 36.4 Å². The highest BCUT2D eigenvalue weighted by Gasteiger charge is 2.30. The van der Waals surface area contributed by atoms with Gasteiger partial charge in [0, 0.05) is 17.8 Å². The molecule has 0 aliphatic rings. The molecule has 2 N–H and O–H groups in total. The standard InChI is InChI=1S/C17H15F3N2O3S/c1-2-9-21-26(24,25)15-8-3-5-12(10-15)16(23)22-14-7-4-6-13(11-14)17(18,19)20/h2-8,10-11,21H,1,9H2,(H,22,23). The van der Waals surface area contributed by atoms with Crippen LogP contribution in [-0.2, 0) is 16.2 Å². The summed E-state index contributed by atoms with van der Waals surface area (Å²) in [5, 5.41) is 2.32. The lowest BCUT2D eigenvalue weighted by atomic mass is 10.1. The second-order valence-electron chi connectivity index (χ2n) is 5.20. The van der Waals surface area contributed by atoms with Crippen molar-refractivity contribution < 1.29 is 26.4 Å². The highest BCUT2D eigenvalue weighted by atomic mass is 32.2. The van der Waals surface area contributed by atoms with Crippen LogP contribution in [-0.4, -0.2) is 20.9 Å². The first-order valence-corrected chi connectivity index (χ1v) is 8.81. The first kappa shape index (κ1) is 19.7. The molecule has 0 radical (unpaired) electrons. The largest absolute Gasteiger partial charge is 0.416 e. The molecule has 2 rings (SSSR count). The molecule has 1 amide bonds. The first-order chi connectivity index (χ1) is 12.1. The van der Waals surface area contributed by atoms with Gasteiger partial charge in [-0.2, -0.15) is 13.2 Å². The van der Waals surface area contributed by atoms with Gasteiger partial charge in [-0.1, -0.05) is 18.2 Å². The van der Waals surface area contributed by atoms with E-state index in [-0.39, 0.29) is 22.7 Å². The molecule has 0 saturated heterocycles. The zero-order chi connectivity index (χ0) is 19.4. The van der Waals surface area contributed by atoms with E-state index in [4.69, 9.17) is 0 Å². The highest BCUT2D eigenvalue weighted by molar-refractivity contribution is 7.89. The number of carbonyl (C=O) groups is 1. The Kier molecular flexibility index (Phi) is 5.83. The van der Waals surface area contributed by atoms with Gasteiger partial charge >= 0.3 is 6.18 Å². The number of hydrogen-bond donors (Lipinski definition) is 2. The smallest absolute Gasteiger partial charge is 0.322 e. The Morgan fingerprint density at radius 3 is 2.46 bits per heavy atom. The van der Waals surface area contributed by atoms with E-state index < -0.39 is 27.7 Å². The molecule has 5 nitrogen and oxygen atoms in total. The topological polar surface area (TPSA) is 75.3 Å². The summed E-state index contributed by atoms with van der Waals surface area (Å²) in [6, 6.07) is 9.30. The molecule has 0 aromatic heterocycles. The Labute approximate surface area is 148 Å². The molecule has 26 heavy (non-hydrogen) atoms. The molecule has 0 atom stereocenters. The molecule has 2 aromatic rings. The SMILES string of the molecule is C=CCNS(=O)(=O)c1cccc(C(=O)Nc2cccc(C(F)(F)F)c2)c1. The van der Waals surface area contributed by atoms with Crippen molar-refractivity contribution in [3.63, 3.8) is 0 Å². The summed E-state index contributed by atoms with van der Waals surface area (Å²) < 4.78 is 64.6. The van der Waals surface area contributed by atoms with Crippen LogP contribution in [0, 0.1) is 0 Å². The van der Waals surface area contributed by atoms with Crippen LogP contribution in [0.5, 0.6) is 0 Å². The first-order valence-electron chi connectivity index (χ1n) is 7.33. The van der Waals surface area contributed by atoms with Crippen molar-refractivity contribution in [1.29, 1.82) is 0 Å². The highest BCUT2D eigenvalue weighted by Crippen LogP contribution is 2.30. The van der Waals surface area contributed by atoms with Crippen molar-refractivity contribution in [1.82, 2.24) is 4.72 Å². The third-order valence-electron chi connectivity index (χ3n) is 3.27. The number of alkyl halides is 3. The minimum absolute atomic E-state index is 0.0103. The molecule has 0 saturated carbocycles. The van der Waals surface area contributed by atoms with Crippen LogP contribution in [0.4, 0.5) is 18.9 Å². The third kappa shape index (κ3) is 4.93. The second kappa shape index (κ2) is 7.71. The summed E-state index contributed by atoms with van der Waals surface area (Å²) in [5.74, 6) is -0.731. The minimum atomic E-state index is -4.54. The van der Waals surface area contributed by atoms with Crippen LogP contribution in [0.2, 0.25) is 0 Å². The van der Waals surface area contributed by atoms with Crippen LogP contribution in [0.15, 0.2) is 66.1 Å². The maximum atomic E-state index is 12.7. The van der Waals surface area contributed by atoms with Crippen molar-refractivity contribution in [2.45, 2.75) is 11.1 Å². The number of hydrogen-bond acceptors (Lipinski definition) is 3. The van der Waals surface area contributed by atoms with E-state index in [1.54, 1.807) is 0 Å². The fourth-order valence-corrected chi connectivity index (χ4v) is 3.08. The van der Waals surface area contributed by atoms with Crippen LogP contribution in [0.25, 0.3) is 0 Å². The van der Waals surface area contributed by atoms with Gasteiger partial charge in [0.25, 0.3) is 5.91 Å². The number of sulfonamides is 1. The van der Waals surface area contributed by atoms with Gasteiger partial charge in [0.1, 0.15) is 0 Å².